The molecule has 30 heavy (non-hydrogen) atoms. The number of hydrogen-bond donors (Lipinski definition) is 2. The molecule has 3 rings (SSSR count). The summed E-state index contributed by atoms with van der Waals surface area (Å²) < 4.78 is 16.4. The summed E-state index contributed by atoms with van der Waals surface area (Å²) in [6, 6.07) is 18.6. The van der Waals surface area contributed by atoms with Gasteiger partial charge in [0.15, 0.2) is 5.96 Å². The van der Waals surface area contributed by atoms with Gasteiger partial charge in [0.05, 0.1) is 20.3 Å². The van der Waals surface area contributed by atoms with Gasteiger partial charge in [-0.2, -0.15) is 0 Å². The first-order chi connectivity index (χ1) is 14.2. The Labute approximate surface area is 193 Å². The van der Waals surface area contributed by atoms with Crippen LogP contribution in [0.2, 0.25) is 0 Å². The summed E-state index contributed by atoms with van der Waals surface area (Å²) in [5.41, 5.74) is 7.72. The second-order valence-corrected chi connectivity index (χ2v) is 6.07. The summed E-state index contributed by atoms with van der Waals surface area (Å²) in [6.07, 6.45) is 1.68. The zero-order chi connectivity index (χ0) is 20.5. The summed E-state index contributed by atoms with van der Waals surface area (Å²) in [5.74, 6) is 3.02. The first kappa shape index (κ1) is 23.3. The highest BCUT2D eigenvalue weighted by molar-refractivity contribution is 14.0. The summed E-state index contributed by atoms with van der Waals surface area (Å²) in [5, 5.41) is 3.05. The molecule has 7 nitrogen and oxygen atoms in total. The number of anilines is 1. The molecule has 3 aromatic rings. The Balaban J connectivity index is 0.00000320. The summed E-state index contributed by atoms with van der Waals surface area (Å²) in [4.78, 5) is 8.61. The monoisotopic (exact) mass is 520 g/mol. The van der Waals surface area contributed by atoms with Crippen molar-refractivity contribution in [3.63, 3.8) is 0 Å². The van der Waals surface area contributed by atoms with Crippen LogP contribution in [0.25, 0.3) is 0 Å². The third-order valence-corrected chi connectivity index (χ3v) is 3.93. The van der Waals surface area contributed by atoms with E-state index in [2.05, 4.69) is 15.3 Å². The maximum atomic E-state index is 5.98. The number of ether oxygens (including phenoxy) is 3. The van der Waals surface area contributed by atoms with Gasteiger partial charge in [-0.05, 0) is 55.0 Å². The van der Waals surface area contributed by atoms with Gasteiger partial charge in [0.25, 0.3) is 0 Å². The number of methoxy groups -OCH3 is 1. The van der Waals surface area contributed by atoms with Gasteiger partial charge in [-0.15, -0.1) is 24.0 Å². The number of nitrogens with zero attached hydrogens (tertiary/aromatic N) is 2. The fourth-order valence-corrected chi connectivity index (χ4v) is 2.56. The first-order valence-corrected chi connectivity index (χ1v) is 9.23. The third kappa shape index (κ3) is 7.11. The Kier molecular flexibility index (Phi) is 9.20. The number of nitrogens with one attached hydrogen (secondary N) is 1. The van der Waals surface area contributed by atoms with Gasteiger partial charge in [0.2, 0.25) is 5.88 Å². The molecule has 2 aromatic carbocycles. The lowest BCUT2D eigenvalue weighted by Gasteiger charge is -2.08. The van der Waals surface area contributed by atoms with Gasteiger partial charge in [0.1, 0.15) is 17.2 Å². The zero-order valence-electron chi connectivity index (χ0n) is 16.9. The number of rotatable bonds is 8. The fraction of sp³-hybridized carbons (Fsp3) is 0.182. The molecule has 0 amide bonds. The van der Waals surface area contributed by atoms with Crippen LogP contribution >= 0.6 is 24.0 Å². The number of benzene rings is 2. The molecule has 1 aromatic heterocycles. The maximum Gasteiger partial charge on any atom is 0.219 e. The predicted molar refractivity (Wildman–Crippen MR) is 129 cm³/mol. The van der Waals surface area contributed by atoms with Crippen LogP contribution in [0, 0.1) is 0 Å². The van der Waals surface area contributed by atoms with Crippen LogP contribution in [0.5, 0.6) is 23.1 Å². The lowest BCUT2D eigenvalue weighted by molar-refractivity contribution is 0.339. The Morgan fingerprint density at radius 1 is 1.03 bits per heavy atom. The van der Waals surface area contributed by atoms with E-state index in [1.165, 1.54) is 0 Å². The fourth-order valence-electron chi connectivity index (χ4n) is 2.56. The van der Waals surface area contributed by atoms with E-state index in [4.69, 9.17) is 19.9 Å². The average molecular weight is 520 g/mol. The highest BCUT2D eigenvalue weighted by Gasteiger charge is 2.03. The number of hydrogen-bond acceptors (Lipinski definition) is 5. The molecular weight excluding hydrogens is 495 g/mol. The standard InChI is InChI=1S/C22H24N4O3.HI/c1-3-28-18-7-9-19(10-8-18)29-21-13-16(11-12-24-21)15-25-22(23)26-17-5-4-6-20(14-17)27-2;/h4-14H,3,15H2,1-2H3,(H3,23,25,26);1H. The van der Waals surface area contributed by atoms with Gasteiger partial charge < -0.3 is 25.3 Å². The molecule has 0 aliphatic heterocycles. The van der Waals surface area contributed by atoms with E-state index in [0.29, 0.717) is 30.7 Å². The van der Waals surface area contributed by atoms with Gasteiger partial charge >= 0.3 is 0 Å². The number of halogens is 1. The molecule has 0 radical (unpaired) electrons. The second-order valence-electron chi connectivity index (χ2n) is 6.07. The van der Waals surface area contributed by atoms with Crippen LogP contribution in [-0.2, 0) is 6.54 Å². The van der Waals surface area contributed by atoms with E-state index in [1.54, 1.807) is 13.3 Å². The normalized spacial score (nSPS) is 10.7. The summed E-state index contributed by atoms with van der Waals surface area (Å²) >= 11 is 0. The van der Waals surface area contributed by atoms with Gasteiger partial charge in [0, 0.05) is 24.0 Å². The van der Waals surface area contributed by atoms with Gasteiger partial charge in [-0.3, -0.25) is 0 Å². The molecule has 0 bridgehead atoms. The highest BCUT2D eigenvalue weighted by Crippen LogP contribution is 2.23. The molecule has 0 spiro atoms. The van der Waals surface area contributed by atoms with Crippen molar-refractivity contribution in [2.24, 2.45) is 10.7 Å². The summed E-state index contributed by atoms with van der Waals surface area (Å²) in [6.45, 7) is 2.96. The molecule has 0 aliphatic rings. The van der Waals surface area contributed by atoms with Gasteiger partial charge in [-0.1, -0.05) is 6.07 Å². The maximum absolute atomic E-state index is 5.98. The Morgan fingerprint density at radius 3 is 2.53 bits per heavy atom. The van der Waals surface area contributed by atoms with E-state index in [-0.39, 0.29) is 24.0 Å². The SMILES string of the molecule is CCOc1ccc(Oc2cc(CN=C(N)Nc3cccc(OC)c3)ccn2)cc1.I. The number of pyridine rings is 1. The van der Waals surface area contributed by atoms with Crippen LogP contribution in [0.1, 0.15) is 12.5 Å². The van der Waals surface area contributed by atoms with Crippen molar-refractivity contribution in [3.05, 3.63) is 72.4 Å². The zero-order valence-corrected chi connectivity index (χ0v) is 19.2. The smallest absolute Gasteiger partial charge is 0.219 e. The van der Waals surface area contributed by atoms with Crippen molar-refractivity contribution in [1.82, 2.24) is 4.98 Å². The van der Waals surface area contributed by atoms with Crippen LogP contribution in [0.3, 0.4) is 0 Å². The van der Waals surface area contributed by atoms with Crippen LogP contribution in [0.4, 0.5) is 5.69 Å². The Bertz CT molecular complexity index is 965. The topological polar surface area (TPSA) is 91.0 Å². The molecule has 3 N–H and O–H groups in total. The number of aromatic nitrogens is 1. The van der Waals surface area contributed by atoms with Crippen molar-refractivity contribution in [2.45, 2.75) is 13.5 Å². The molecule has 1 heterocycles. The van der Waals surface area contributed by atoms with Crippen LogP contribution in [-0.4, -0.2) is 24.7 Å². The van der Waals surface area contributed by atoms with E-state index >= 15 is 0 Å². The van der Waals surface area contributed by atoms with Crippen LogP contribution < -0.4 is 25.3 Å². The largest absolute Gasteiger partial charge is 0.497 e. The molecule has 0 aliphatic carbocycles. The molecule has 0 saturated heterocycles. The molecule has 0 unspecified atom stereocenters. The highest BCUT2D eigenvalue weighted by atomic mass is 127. The molecule has 0 fully saturated rings. The second kappa shape index (κ2) is 11.9. The van der Waals surface area contributed by atoms with Crippen molar-refractivity contribution in [1.29, 1.82) is 0 Å². The molecule has 0 atom stereocenters. The first-order valence-electron chi connectivity index (χ1n) is 9.23. The molecule has 158 valence electrons. The molecule has 0 saturated carbocycles. The molecule has 8 heteroatoms. The minimum Gasteiger partial charge on any atom is -0.497 e. The minimum atomic E-state index is 0. The number of nitrogens with two attached hydrogens (primary N) is 1. The molecular formula is C22H25IN4O3. The lowest BCUT2D eigenvalue weighted by atomic mass is 10.2. The van der Waals surface area contributed by atoms with E-state index in [9.17, 15) is 0 Å². The average Bonchev–Trinajstić information content (AvgIpc) is 2.74. The Hall–Kier alpha value is -3.01. The van der Waals surface area contributed by atoms with Crippen molar-refractivity contribution in [2.75, 3.05) is 19.0 Å². The number of aliphatic imine (C=N–C) groups is 1. The van der Waals surface area contributed by atoms with Crippen molar-refractivity contribution < 1.29 is 14.2 Å². The Morgan fingerprint density at radius 2 is 1.80 bits per heavy atom. The third-order valence-electron chi connectivity index (χ3n) is 3.93. The van der Waals surface area contributed by atoms with Crippen LogP contribution in [0.15, 0.2) is 71.9 Å². The van der Waals surface area contributed by atoms with E-state index < -0.39 is 0 Å². The lowest BCUT2D eigenvalue weighted by Crippen LogP contribution is -2.22. The predicted octanol–water partition coefficient (Wildman–Crippen LogP) is 4.83. The van der Waals surface area contributed by atoms with E-state index in [1.807, 2.05) is 67.6 Å². The minimum absolute atomic E-state index is 0. The van der Waals surface area contributed by atoms with E-state index in [0.717, 1.165) is 22.7 Å². The van der Waals surface area contributed by atoms with Gasteiger partial charge in [-0.25, -0.2) is 9.98 Å². The summed E-state index contributed by atoms with van der Waals surface area (Å²) in [7, 11) is 1.62. The van der Waals surface area contributed by atoms with Crippen molar-refractivity contribution in [3.8, 4) is 23.1 Å². The van der Waals surface area contributed by atoms with Crippen molar-refractivity contribution >= 4 is 35.6 Å². The number of guanidine groups is 1. The quantitative estimate of drug-likeness (QED) is 0.251.